The van der Waals surface area contributed by atoms with Crippen LogP contribution in [0.4, 0.5) is 5.69 Å². The molecule has 1 amide bonds. The van der Waals surface area contributed by atoms with Crippen molar-refractivity contribution < 1.29 is 9.59 Å². The molecule has 1 aromatic carbocycles. The number of anilines is 1. The summed E-state index contributed by atoms with van der Waals surface area (Å²) in [6.45, 7) is 9.46. The summed E-state index contributed by atoms with van der Waals surface area (Å²) in [5.41, 5.74) is 1.19. The Morgan fingerprint density at radius 1 is 1.08 bits per heavy atom. The molecule has 1 N–H and O–H groups in total. The van der Waals surface area contributed by atoms with Gasteiger partial charge in [-0.15, -0.1) is 0 Å². The second kappa shape index (κ2) is 7.47. The van der Waals surface area contributed by atoms with Crippen LogP contribution in [0.15, 0.2) is 53.7 Å². The van der Waals surface area contributed by atoms with Gasteiger partial charge in [-0.25, -0.2) is 0 Å². The Bertz CT molecular complexity index is 842. The number of carbonyl (C=O) groups excluding carboxylic acids is 2. The van der Waals surface area contributed by atoms with Gasteiger partial charge in [0.05, 0.1) is 0 Å². The molecule has 0 fully saturated rings. The molecule has 2 aromatic rings. The molecular formula is C20H25N3O2. The van der Waals surface area contributed by atoms with Crippen molar-refractivity contribution in [3.05, 3.63) is 59.7 Å². The molecule has 5 heteroatoms. The smallest absolute Gasteiger partial charge is 0.263 e. The first-order valence-corrected chi connectivity index (χ1v) is 8.36. The zero-order chi connectivity index (χ0) is 18.6. The van der Waals surface area contributed by atoms with Crippen molar-refractivity contribution in [1.82, 2.24) is 4.57 Å². The number of amides is 1. The summed E-state index contributed by atoms with van der Waals surface area (Å²) in [7, 11) is 0. The van der Waals surface area contributed by atoms with Crippen LogP contribution in [0.25, 0.3) is 0 Å². The predicted octanol–water partition coefficient (Wildman–Crippen LogP) is 3.47. The summed E-state index contributed by atoms with van der Waals surface area (Å²) in [5, 5.41) is 2.85. The minimum absolute atomic E-state index is 0.0823. The van der Waals surface area contributed by atoms with Crippen molar-refractivity contribution in [1.29, 1.82) is 0 Å². The molecule has 1 heterocycles. The highest BCUT2D eigenvalue weighted by Gasteiger charge is 2.21. The molecule has 0 aliphatic rings. The summed E-state index contributed by atoms with van der Waals surface area (Å²) >= 11 is 0. The Morgan fingerprint density at radius 3 is 2.44 bits per heavy atom. The van der Waals surface area contributed by atoms with Crippen molar-refractivity contribution in [2.45, 2.75) is 40.7 Å². The van der Waals surface area contributed by atoms with Crippen LogP contribution in [-0.2, 0) is 4.79 Å². The molecule has 5 nitrogen and oxygen atoms in total. The first-order chi connectivity index (χ1) is 11.7. The highest BCUT2D eigenvalue weighted by Crippen LogP contribution is 2.18. The molecule has 1 aromatic heterocycles. The first kappa shape index (κ1) is 18.6. The van der Waals surface area contributed by atoms with Crippen LogP contribution < -0.4 is 10.8 Å². The van der Waals surface area contributed by atoms with E-state index < -0.39 is 5.41 Å². The standard InChI is InChI=1S/C20H25N3O2/c1-14(2)21-17-11-6-7-12-23(17)18(24)15-9-8-10-16(13-15)22-19(25)20(3,4)5/h6-14H,1-5H3,(H,22,25). The van der Waals surface area contributed by atoms with Gasteiger partial charge in [-0.1, -0.05) is 32.9 Å². The van der Waals surface area contributed by atoms with E-state index in [1.165, 1.54) is 4.57 Å². The van der Waals surface area contributed by atoms with E-state index >= 15 is 0 Å². The summed E-state index contributed by atoms with van der Waals surface area (Å²) in [6.07, 6.45) is 1.70. The maximum absolute atomic E-state index is 12.9. The minimum atomic E-state index is -0.502. The van der Waals surface area contributed by atoms with Crippen LogP contribution in [0.5, 0.6) is 0 Å². The summed E-state index contributed by atoms with van der Waals surface area (Å²) < 4.78 is 1.52. The summed E-state index contributed by atoms with van der Waals surface area (Å²) in [5.74, 6) is -0.285. The summed E-state index contributed by atoms with van der Waals surface area (Å²) in [6, 6.07) is 12.5. The maximum Gasteiger partial charge on any atom is 0.263 e. The number of nitrogens with one attached hydrogen (secondary N) is 1. The van der Waals surface area contributed by atoms with Gasteiger partial charge >= 0.3 is 0 Å². The van der Waals surface area contributed by atoms with E-state index in [-0.39, 0.29) is 17.9 Å². The second-order valence-corrected chi connectivity index (χ2v) is 7.24. The third-order valence-electron chi connectivity index (χ3n) is 3.50. The largest absolute Gasteiger partial charge is 0.326 e. The van der Waals surface area contributed by atoms with Crippen LogP contribution in [0.1, 0.15) is 45.0 Å². The quantitative estimate of drug-likeness (QED) is 0.930. The normalized spacial score (nSPS) is 12.3. The summed E-state index contributed by atoms with van der Waals surface area (Å²) in [4.78, 5) is 29.5. The molecule has 0 aliphatic heterocycles. The molecule has 25 heavy (non-hydrogen) atoms. The van der Waals surface area contributed by atoms with Crippen LogP contribution in [0.2, 0.25) is 0 Å². The SMILES string of the molecule is CC(C)N=c1ccccn1C(=O)c1cccc(NC(=O)C(C)(C)C)c1. The fourth-order valence-electron chi connectivity index (χ4n) is 2.16. The molecule has 0 unspecified atom stereocenters. The van der Waals surface area contributed by atoms with Gasteiger partial charge in [-0.2, -0.15) is 0 Å². The average molecular weight is 339 g/mol. The predicted molar refractivity (Wildman–Crippen MR) is 99.4 cm³/mol. The molecule has 0 bridgehead atoms. The average Bonchev–Trinajstić information content (AvgIpc) is 2.53. The van der Waals surface area contributed by atoms with Crippen molar-refractivity contribution >= 4 is 17.5 Å². The lowest BCUT2D eigenvalue weighted by Gasteiger charge is -2.18. The van der Waals surface area contributed by atoms with E-state index in [2.05, 4.69) is 10.3 Å². The molecular weight excluding hydrogens is 314 g/mol. The van der Waals surface area contributed by atoms with E-state index in [1.807, 2.05) is 46.8 Å². The third-order valence-corrected chi connectivity index (χ3v) is 3.50. The third kappa shape index (κ3) is 4.89. The Balaban J connectivity index is 2.36. The van der Waals surface area contributed by atoms with Crippen molar-refractivity contribution in [3.63, 3.8) is 0 Å². The fraction of sp³-hybridized carbons (Fsp3) is 0.350. The second-order valence-electron chi connectivity index (χ2n) is 7.24. The number of hydrogen-bond acceptors (Lipinski definition) is 3. The number of nitrogens with zero attached hydrogens (tertiary/aromatic N) is 2. The molecule has 0 radical (unpaired) electrons. The lowest BCUT2D eigenvalue weighted by atomic mass is 9.95. The zero-order valence-electron chi connectivity index (χ0n) is 15.4. The molecule has 2 rings (SSSR count). The van der Waals surface area contributed by atoms with Crippen LogP contribution >= 0.6 is 0 Å². The molecule has 0 saturated carbocycles. The molecule has 132 valence electrons. The lowest BCUT2D eigenvalue weighted by Crippen LogP contribution is -2.29. The van der Waals surface area contributed by atoms with E-state index in [9.17, 15) is 9.59 Å². The van der Waals surface area contributed by atoms with Gasteiger partial charge in [-0.05, 0) is 44.2 Å². The highest BCUT2D eigenvalue weighted by molar-refractivity contribution is 5.99. The minimum Gasteiger partial charge on any atom is -0.326 e. The van der Waals surface area contributed by atoms with Gasteiger partial charge in [0, 0.05) is 28.9 Å². The van der Waals surface area contributed by atoms with E-state index in [4.69, 9.17) is 0 Å². The monoisotopic (exact) mass is 339 g/mol. The van der Waals surface area contributed by atoms with Crippen LogP contribution in [0.3, 0.4) is 0 Å². The van der Waals surface area contributed by atoms with Crippen molar-refractivity contribution in [3.8, 4) is 0 Å². The van der Waals surface area contributed by atoms with Gasteiger partial charge in [0.2, 0.25) is 5.91 Å². The number of rotatable bonds is 3. The fourth-order valence-corrected chi connectivity index (χ4v) is 2.16. The van der Waals surface area contributed by atoms with Gasteiger partial charge < -0.3 is 5.32 Å². The Morgan fingerprint density at radius 2 is 1.80 bits per heavy atom. The topological polar surface area (TPSA) is 63.5 Å². The van der Waals surface area contributed by atoms with E-state index in [0.717, 1.165) is 0 Å². The molecule has 0 spiro atoms. The first-order valence-electron chi connectivity index (χ1n) is 8.36. The number of pyridine rings is 1. The number of hydrogen-bond donors (Lipinski definition) is 1. The number of aromatic nitrogens is 1. The molecule has 0 saturated heterocycles. The van der Waals surface area contributed by atoms with E-state index in [0.29, 0.717) is 16.7 Å². The molecule has 0 aliphatic carbocycles. The van der Waals surface area contributed by atoms with Crippen LogP contribution in [0, 0.1) is 5.41 Å². The Hall–Kier alpha value is -2.69. The van der Waals surface area contributed by atoms with Gasteiger partial charge in [0.15, 0.2) is 0 Å². The number of benzene rings is 1. The van der Waals surface area contributed by atoms with Crippen LogP contribution in [-0.4, -0.2) is 22.4 Å². The van der Waals surface area contributed by atoms with Gasteiger partial charge in [-0.3, -0.25) is 19.1 Å². The zero-order valence-corrected chi connectivity index (χ0v) is 15.4. The maximum atomic E-state index is 12.9. The Labute approximate surface area is 148 Å². The van der Waals surface area contributed by atoms with Crippen molar-refractivity contribution in [2.75, 3.05) is 5.32 Å². The number of carbonyl (C=O) groups is 2. The van der Waals surface area contributed by atoms with Gasteiger partial charge in [0.1, 0.15) is 5.49 Å². The Kier molecular flexibility index (Phi) is 5.57. The molecule has 0 atom stereocenters. The van der Waals surface area contributed by atoms with E-state index in [1.54, 1.807) is 36.5 Å². The van der Waals surface area contributed by atoms with Gasteiger partial charge in [0.25, 0.3) is 5.91 Å². The highest BCUT2D eigenvalue weighted by atomic mass is 16.2. The lowest BCUT2D eigenvalue weighted by molar-refractivity contribution is -0.123. The van der Waals surface area contributed by atoms with Crippen molar-refractivity contribution in [2.24, 2.45) is 10.4 Å².